The lowest BCUT2D eigenvalue weighted by molar-refractivity contribution is -0.138. The zero-order chi connectivity index (χ0) is 27.3. The summed E-state index contributed by atoms with van der Waals surface area (Å²) in [7, 11) is 1.22. The summed E-state index contributed by atoms with van der Waals surface area (Å²) in [5, 5.41) is 12.0. The van der Waals surface area contributed by atoms with Gasteiger partial charge < -0.3 is 25.0 Å². The number of anilines is 3. The molecule has 4 rings (SSSR count). The molecule has 2 N–H and O–H groups in total. The van der Waals surface area contributed by atoms with Crippen LogP contribution in [0.2, 0.25) is 0 Å². The highest BCUT2D eigenvalue weighted by Crippen LogP contribution is 2.31. The lowest BCUT2D eigenvalue weighted by Gasteiger charge is -2.34. The van der Waals surface area contributed by atoms with Gasteiger partial charge in [-0.3, -0.25) is 0 Å². The van der Waals surface area contributed by atoms with Crippen LogP contribution in [-0.2, 0) is 10.9 Å². The van der Waals surface area contributed by atoms with Crippen LogP contribution in [0.5, 0.6) is 0 Å². The second-order valence-corrected chi connectivity index (χ2v) is 8.20. The Balaban J connectivity index is 1.53. The number of carboxylic acid groups (broad SMARTS) is 1. The van der Waals surface area contributed by atoms with Crippen molar-refractivity contribution in [2.75, 3.05) is 43.5 Å². The molecule has 0 aliphatic carbocycles. The molecule has 9 nitrogen and oxygen atoms in total. The Kier molecular flexibility index (Phi) is 7.66. The predicted octanol–water partition coefficient (Wildman–Crippen LogP) is 4.23. The molecule has 0 saturated carbocycles. The minimum atomic E-state index is -4.72. The molecule has 0 radical (unpaired) electrons. The molecule has 1 saturated heterocycles. The molecule has 0 bridgehead atoms. The number of rotatable bonds is 4. The molecule has 2 heterocycles. The Labute approximate surface area is 215 Å². The van der Waals surface area contributed by atoms with Crippen molar-refractivity contribution in [3.8, 4) is 11.8 Å². The van der Waals surface area contributed by atoms with E-state index in [0.29, 0.717) is 43.6 Å². The van der Waals surface area contributed by atoms with Crippen LogP contribution in [0.25, 0.3) is 0 Å². The highest BCUT2D eigenvalue weighted by Gasteiger charge is 2.34. The minimum absolute atomic E-state index is 0.0755. The third-order valence-corrected chi connectivity index (χ3v) is 5.74. The first-order valence-corrected chi connectivity index (χ1v) is 11.4. The van der Waals surface area contributed by atoms with E-state index in [4.69, 9.17) is 5.11 Å². The van der Waals surface area contributed by atoms with Gasteiger partial charge in [-0.05, 0) is 48.4 Å². The standard InChI is InChI=1S/C26H22F3N5O4/c1-38-23(35)18-4-2-3-17(15-18)5-10-22-21(26(27,28)29)16-30-24(32-22)31-19-6-8-20(9-7-19)33-11-13-34(14-12-33)25(36)37/h2-4,6-9,15-16H,11-14H2,1H3,(H,36,37)(H,30,31,32). The predicted molar refractivity (Wildman–Crippen MR) is 132 cm³/mol. The first-order chi connectivity index (χ1) is 18.1. The monoisotopic (exact) mass is 525 g/mol. The third-order valence-electron chi connectivity index (χ3n) is 5.74. The maximum Gasteiger partial charge on any atom is 0.420 e. The van der Waals surface area contributed by atoms with Gasteiger partial charge in [0, 0.05) is 49.3 Å². The van der Waals surface area contributed by atoms with Gasteiger partial charge in [0.15, 0.2) is 0 Å². The van der Waals surface area contributed by atoms with E-state index in [-0.39, 0.29) is 11.5 Å². The maximum atomic E-state index is 13.6. The zero-order valence-corrected chi connectivity index (χ0v) is 20.1. The molecule has 1 amide bonds. The van der Waals surface area contributed by atoms with Crippen LogP contribution in [0.15, 0.2) is 54.7 Å². The molecule has 3 aromatic rings. The van der Waals surface area contributed by atoms with Crippen LogP contribution >= 0.6 is 0 Å². The minimum Gasteiger partial charge on any atom is -0.465 e. The zero-order valence-electron chi connectivity index (χ0n) is 20.1. The number of methoxy groups -OCH3 is 1. The van der Waals surface area contributed by atoms with E-state index >= 15 is 0 Å². The van der Waals surface area contributed by atoms with E-state index in [1.54, 1.807) is 24.3 Å². The second kappa shape index (κ2) is 11.1. The SMILES string of the molecule is COC(=O)c1cccc(C#Cc2nc(Nc3ccc(N4CCN(C(=O)O)CC4)cc3)ncc2C(F)(F)F)c1. The van der Waals surface area contributed by atoms with Crippen molar-refractivity contribution in [1.29, 1.82) is 0 Å². The fraction of sp³-hybridized carbons (Fsp3) is 0.231. The van der Waals surface area contributed by atoms with Gasteiger partial charge in [-0.25, -0.2) is 19.6 Å². The number of ether oxygens (including phenoxy) is 1. The Morgan fingerprint density at radius 1 is 1.05 bits per heavy atom. The molecular formula is C26H22F3N5O4. The molecule has 1 aliphatic rings. The summed E-state index contributed by atoms with van der Waals surface area (Å²) in [5.41, 5.74) is 0.348. The molecule has 1 aliphatic heterocycles. The molecular weight excluding hydrogens is 503 g/mol. The first-order valence-electron chi connectivity index (χ1n) is 11.4. The summed E-state index contributed by atoms with van der Waals surface area (Å²) in [6.45, 7) is 1.88. The smallest absolute Gasteiger partial charge is 0.420 e. The van der Waals surface area contributed by atoms with Crippen molar-refractivity contribution < 1.29 is 32.6 Å². The van der Waals surface area contributed by atoms with Gasteiger partial charge in [-0.1, -0.05) is 12.0 Å². The number of alkyl halides is 3. The van der Waals surface area contributed by atoms with Gasteiger partial charge in [0.25, 0.3) is 0 Å². The number of benzene rings is 2. The molecule has 0 unspecified atom stereocenters. The van der Waals surface area contributed by atoms with E-state index in [1.807, 2.05) is 17.0 Å². The number of carbonyl (C=O) groups is 2. The maximum absolute atomic E-state index is 13.6. The van der Waals surface area contributed by atoms with Gasteiger partial charge >= 0.3 is 18.2 Å². The van der Waals surface area contributed by atoms with Crippen LogP contribution in [0.1, 0.15) is 27.2 Å². The quantitative estimate of drug-likeness (QED) is 0.385. The van der Waals surface area contributed by atoms with Crippen LogP contribution in [-0.4, -0.2) is 65.3 Å². The fourth-order valence-electron chi connectivity index (χ4n) is 3.76. The highest BCUT2D eigenvalue weighted by atomic mass is 19.4. The topological polar surface area (TPSA) is 108 Å². The van der Waals surface area contributed by atoms with E-state index in [0.717, 1.165) is 5.69 Å². The van der Waals surface area contributed by atoms with Crippen molar-refractivity contribution >= 4 is 29.4 Å². The van der Waals surface area contributed by atoms with Crippen LogP contribution in [0.4, 0.5) is 35.3 Å². The Morgan fingerprint density at radius 3 is 2.39 bits per heavy atom. The van der Waals surface area contributed by atoms with Gasteiger partial charge in [0.2, 0.25) is 5.95 Å². The number of nitrogens with one attached hydrogen (secondary N) is 1. The summed E-state index contributed by atoms with van der Waals surface area (Å²) < 4.78 is 45.4. The summed E-state index contributed by atoms with van der Waals surface area (Å²) in [4.78, 5) is 34.0. The molecule has 12 heteroatoms. The number of hydrogen-bond acceptors (Lipinski definition) is 7. The number of amides is 1. The normalized spacial score (nSPS) is 13.4. The number of esters is 1. The summed E-state index contributed by atoms with van der Waals surface area (Å²) in [6.07, 6.45) is -5.00. The lowest BCUT2D eigenvalue weighted by Crippen LogP contribution is -2.48. The van der Waals surface area contributed by atoms with E-state index < -0.39 is 29.5 Å². The summed E-state index contributed by atoms with van der Waals surface area (Å²) >= 11 is 0. The number of piperazine rings is 1. The average Bonchev–Trinajstić information content (AvgIpc) is 2.91. The molecule has 2 aromatic carbocycles. The second-order valence-electron chi connectivity index (χ2n) is 8.20. The molecule has 1 fully saturated rings. The molecule has 0 atom stereocenters. The van der Waals surface area contributed by atoms with Gasteiger partial charge in [-0.15, -0.1) is 0 Å². The van der Waals surface area contributed by atoms with Crippen molar-refractivity contribution in [1.82, 2.24) is 14.9 Å². The summed E-state index contributed by atoms with van der Waals surface area (Å²) in [6, 6.07) is 13.1. The first kappa shape index (κ1) is 26.3. The molecule has 38 heavy (non-hydrogen) atoms. The van der Waals surface area contributed by atoms with Crippen LogP contribution in [0, 0.1) is 11.8 Å². The van der Waals surface area contributed by atoms with Crippen molar-refractivity contribution in [2.45, 2.75) is 6.18 Å². The van der Waals surface area contributed by atoms with Gasteiger partial charge in [0.05, 0.1) is 12.7 Å². The largest absolute Gasteiger partial charge is 0.465 e. The number of hydrogen-bond donors (Lipinski definition) is 2. The number of aromatic nitrogens is 2. The number of halogens is 3. The van der Waals surface area contributed by atoms with E-state index in [9.17, 15) is 22.8 Å². The fourth-order valence-corrected chi connectivity index (χ4v) is 3.76. The highest BCUT2D eigenvalue weighted by molar-refractivity contribution is 5.89. The lowest BCUT2D eigenvalue weighted by atomic mass is 10.1. The van der Waals surface area contributed by atoms with Crippen molar-refractivity contribution in [3.05, 3.63) is 77.1 Å². The Morgan fingerprint density at radius 2 is 1.76 bits per heavy atom. The van der Waals surface area contributed by atoms with Crippen LogP contribution in [0.3, 0.4) is 0 Å². The number of carbonyl (C=O) groups excluding carboxylic acids is 1. The number of nitrogens with zero attached hydrogens (tertiary/aromatic N) is 4. The van der Waals surface area contributed by atoms with E-state index in [2.05, 4.69) is 31.9 Å². The molecule has 196 valence electrons. The average molecular weight is 525 g/mol. The van der Waals surface area contributed by atoms with E-state index in [1.165, 1.54) is 24.1 Å². The van der Waals surface area contributed by atoms with Gasteiger partial charge in [0.1, 0.15) is 11.3 Å². The Hall–Kier alpha value is -4.79. The molecule has 0 spiro atoms. The van der Waals surface area contributed by atoms with Crippen molar-refractivity contribution in [2.24, 2.45) is 0 Å². The van der Waals surface area contributed by atoms with Crippen LogP contribution < -0.4 is 10.2 Å². The summed E-state index contributed by atoms with van der Waals surface area (Å²) in [5.74, 6) is 4.39. The van der Waals surface area contributed by atoms with Gasteiger partial charge in [-0.2, -0.15) is 13.2 Å². The Bertz CT molecular complexity index is 1390. The van der Waals surface area contributed by atoms with Crippen molar-refractivity contribution in [3.63, 3.8) is 0 Å². The third kappa shape index (κ3) is 6.31. The molecule has 1 aromatic heterocycles.